The van der Waals surface area contributed by atoms with Gasteiger partial charge in [-0.25, -0.2) is 0 Å². The molecule has 2 rings (SSSR count). The fourth-order valence-electron chi connectivity index (χ4n) is 1.84. The van der Waals surface area contributed by atoms with Crippen molar-refractivity contribution < 1.29 is 9.90 Å². The van der Waals surface area contributed by atoms with Crippen molar-refractivity contribution in [2.75, 3.05) is 0 Å². The Morgan fingerprint density at radius 3 is 2.30 bits per heavy atom. The first kappa shape index (κ1) is 14.0. The number of aliphatic hydroxyl groups excluding tert-OH is 1. The van der Waals surface area contributed by atoms with Crippen LogP contribution < -0.4 is 5.32 Å². The van der Waals surface area contributed by atoms with Crippen LogP contribution in [-0.2, 0) is 11.2 Å². The maximum Gasteiger partial charge on any atom is 0.245 e. The summed E-state index contributed by atoms with van der Waals surface area (Å²) in [5, 5.41) is 12.3. The molecule has 3 nitrogen and oxygen atoms in total. The lowest BCUT2D eigenvalue weighted by atomic mass is 10.1. The van der Waals surface area contributed by atoms with Gasteiger partial charge in [0.25, 0.3) is 0 Å². The van der Waals surface area contributed by atoms with Gasteiger partial charge in [-0.3, -0.25) is 4.79 Å². The molecule has 1 amide bonds. The maximum atomic E-state index is 11.7. The molecule has 1 atom stereocenters. The Hall–Kier alpha value is -2.39. The number of rotatable bonds is 5. The maximum absolute atomic E-state index is 11.7. The van der Waals surface area contributed by atoms with E-state index < -0.39 is 6.23 Å². The average Bonchev–Trinajstić information content (AvgIpc) is 2.47. The highest BCUT2D eigenvalue weighted by Crippen LogP contribution is 2.03. The van der Waals surface area contributed by atoms with Crippen molar-refractivity contribution in [3.63, 3.8) is 0 Å². The number of benzene rings is 2. The molecule has 0 saturated carbocycles. The summed E-state index contributed by atoms with van der Waals surface area (Å²) in [7, 11) is 0. The van der Waals surface area contributed by atoms with E-state index in [0.29, 0.717) is 6.42 Å². The van der Waals surface area contributed by atoms with Crippen LogP contribution in [0.3, 0.4) is 0 Å². The minimum Gasteiger partial charge on any atom is -0.373 e. The zero-order chi connectivity index (χ0) is 14.2. The largest absolute Gasteiger partial charge is 0.373 e. The van der Waals surface area contributed by atoms with Gasteiger partial charge in [0.2, 0.25) is 5.91 Å². The number of nitrogens with one attached hydrogen (secondary N) is 1. The highest BCUT2D eigenvalue weighted by molar-refractivity contribution is 5.91. The van der Waals surface area contributed by atoms with E-state index in [4.69, 9.17) is 0 Å². The Labute approximate surface area is 118 Å². The van der Waals surface area contributed by atoms with Crippen LogP contribution in [0.25, 0.3) is 6.08 Å². The summed E-state index contributed by atoms with van der Waals surface area (Å²) in [5.74, 6) is -0.308. The lowest BCUT2D eigenvalue weighted by molar-refractivity contribution is -0.119. The molecule has 2 N–H and O–H groups in total. The predicted octanol–water partition coefficient (Wildman–Crippen LogP) is 2.38. The third-order valence-electron chi connectivity index (χ3n) is 2.81. The van der Waals surface area contributed by atoms with Crippen LogP contribution in [0.4, 0.5) is 0 Å². The summed E-state index contributed by atoms with van der Waals surface area (Å²) in [6, 6.07) is 19.1. The Bertz CT molecular complexity index is 564. The highest BCUT2D eigenvalue weighted by atomic mass is 16.3. The quantitative estimate of drug-likeness (QED) is 0.645. The summed E-state index contributed by atoms with van der Waals surface area (Å²) in [5.41, 5.74) is 1.92. The standard InChI is InChI=1S/C17H17NO2/c19-16(12-11-14-7-3-1-4-8-14)18-17(20)13-15-9-5-2-6-10-15/h1-12,17,20H,13H2,(H,18,19)/b12-11+. The topological polar surface area (TPSA) is 49.3 Å². The molecule has 0 radical (unpaired) electrons. The summed E-state index contributed by atoms with van der Waals surface area (Å²) in [4.78, 5) is 11.7. The molecule has 0 aliphatic carbocycles. The van der Waals surface area contributed by atoms with Crippen LogP contribution in [0.1, 0.15) is 11.1 Å². The third kappa shape index (κ3) is 4.71. The van der Waals surface area contributed by atoms with E-state index in [9.17, 15) is 9.90 Å². The van der Waals surface area contributed by atoms with Crippen molar-refractivity contribution in [1.82, 2.24) is 5.32 Å². The van der Waals surface area contributed by atoms with Gasteiger partial charge in [-0.15, -0.1) is 0 Å². The molecule has 2 aromatic carbocycles. The van der Waals surface area contributed by atoms with Crippen molar-refractivity contribution in [2.24, 2.45) is 0 Å². The second kappa shape index (κ2) is 7.26. The van der Waals surface area contributed by atoms with E-state index in [1.807, 2.05) is 60.7 Å². The van der Waals surface area contributed by atoms with Crippen LogP contribution >= 0.6 is 0 Å². The molecular weight excluding hydrogens is 250 g/mol. The van der Waals surface area contributed by atoms with E-state index in [1.165, 1.54) is 6.08 Å². The van der Waals surface area contributed by atoms with Gasteiger partial charge in [0.15, 0.2) is 0 Å². The second-order valence-electron chi connectivity index (χ2n) is 4.46. The van der Waals surface area contributed by atoms with Crippen molar-refractivity contribution in [2.45, 2.75) is 12.6 Å². The minimum absolute atomic E-state index is 0.308. The first-order valence-electron chi connectivity index (χ1n) is 6.49. The molecule has 0 bridgehead atoms. The van der Waals surface area contributed by atoms with Crippen LogP contribution in [0.2, 0.25) is 0 Å². The average molecular weight is 267 g/mol. The van der Waals surface area contributed by atoms with Gasteiger partial charge in [0.05, 0.1) is 0 Å². The number of carbonyl (C=O) groups is 1. The summed E-state index contributed by atoms with van der Waals surface area (Å²) in [6.45, 7) is 0. The molecule has 0 aromatic heterocycles. The predicted molar refractivity (Wildman–Crippen MR) is 79.8 cm³/mol. The lowest BCUT2D eigenvalue weighted by Gasteiger charge is -2.11. The Kier molecular flexibility index (Phi) is 5.09. The number of carbonyl (C=O) groups excluding carboxylic acids is 1. The van der Waals surface area contributed by atoms with Crippen LogP contribution in [0.5, 0.6) is 0 Å². The van der Waals surface area contributed by atoms with Gasteiger partial charge in [0.1, 0.15) is 6.23 Å². The highest BCUT2D eigenvalue weighted by Gasteiger charge is 2.06. The Balaban J connectivity index is 1.84. The number of hydrogen-bond donors (Lipinski definition) is 2. The van der Waals surface area contributed by atoms with E-state index >= 15 is 0 Å². The summed E-state index contributed by atoms with van der Waals surface area (Å²) < 4.78 is 0. The molecule has 0 fully saturated rings. The van der Waals surface area contributed by atoms with E-state index in [2.05, 4.69) is 5.32 Å². The van der Waals surface area contributed by atoms with Gasteiger partial charge in [-0.1, -0.05) is 60.7 Å². The van der Waals surface area contributed by atoms with Gasteiger partial charge in [-0.2, -0.15) is 0 Å². The normalized spacial score (nSPS) is 12.2. The van der Waals surface area contributed by atoms with Crippen LogP contribution in [-0.4, -0.2) is 17.2 Å². The summed E-state index contributed by atoms with van der Waals surface area (Å²) >= 11 is 0. The first-order valence-corrected chi connectivity index (χ1v) is 6.49. The third-order valence-corrected chi connectivity index (χ3v) is 2.81. The van der Waals surface area contributed by atoms with Crippen LogP contribution in [0.15, 0.2) is 66.7 Å². The molecule has 0 saturated heterocycles. The van der Waals surface area contributed by atoms with E-state index in [1.54, 1.807) is 6.08 Å². The molecule has 20 heavy (non-hydrogen) atoms. The number of aliphatic hydroxyl groups is 1. The lowest BCUT2D eigenvalue weighted by Crippen LogP contribution is -2.34. The van der Waals surface area contributed by atoms with Crippen LogP contribution in [0, 0.1) is 0 Å². The molecule has 2 aromatic rings. The van der Waals surface area contributed by atoms with Gasteiger partial charge in [0, 0.05) is 12.5 Å². The number of amides is 1. The van der Waals surface area contributed by atoms with Crippen molar-refractivity contribution in [3.8, 4) is 0 Å². The molecule has 0 aliphatic rings. The fourth-order valence-corrected chi connectivity index (χ4v) is 1.84. The van der Waals surface area contributed by atoms with E-state index in [0.717, 1.165) is 11.1 Å². The SMILES string of the molecule is O=C(/C=C/c1ccccc1)NC(O)Cc1ccccc1. The number of hydrogen-bond acceptors (Lipinski definition) is 2. The van der Waals surface area contributed by atoms with Crippen molar-refractivity contribution >= 4 is 12.0 Å². The molecular formula is C17H17NO2. The summed E-state index contributed by atoms with van der Waals surface area (Å²) in [6.07, 6.45) is 2.64. The van der Waals surface area contributed by atoms with Crippen molar-refractivity contribution in [3.05, 3.63) is 77.9 Å². The van der Waals surface area contributed by atoms with Gasteiger partial charge >= 0.3 is 0 Å². The smallest absolute Gasteiger partial charge is 0.245 e. The minimum atomic E-state index is -0.884. The molecule has 0 aliphatic heterocycles. The Morgan fingerprint density at radius 2 is 1.65 bits per heavy atom. The Morgan fingerprint density at radius 1 is 1.05 bits per heavy atom. The molecule has 0 spiro atoms. The zero-order valence-electron chi connectivity index (χ0n) is 11.1. The molecule has 3 heteroatoms. The second-order valence-corrected chi connectivity index (χ2v) is 4.46. The van der Waals surface area contributed by atoms with Crippen molar-refractivity contribution in [1.29, 1.82) is 0 Å². The molecule has 0 heterocycles. The first-order chi connectivity index (χ1) is 9.74. The van der Waals surface area contributed by atoms with Gasteiger partial charge < -0.3 is 10.4 Å². The van der Waals surface area contributed by atoms with Gasteiger partial charge in [-0.05, 0) is 17.2 Å². The zero-order valence-corrected chi connectivity index (χ0v) is 11.1. The fraction of sp³-hybridized carbons (Fsp3) is 0.118. The molecule has 102 valence electrons. The molecule has 1 unspecified atom stereocenters. The van der Waals surface area contributed by atoms with E-state index in [-0.39, 0.29) is 5.91 Å². The monoisotopic (exact) mass is 267 g/mol.